The quantitative estimate of drug-likeness (QED) is 0.680. The summed E-state index contributed by atoms with van der Waals surface area (Å²) in [6.45, 7) is 1.50. The van der Waals surface area contributed by atoms with Crippen molar-refractivity contribution in [2.24, 2.45) is 0 Å². The Morgan fingerprint density at radius 2 is 1.57 bits per heavy atom. The Kier molecular flexibility index (Phi) is 7.49. The number of methoxy groups -OCH3 is 1. The van der Waals surface area contributed by atoms with E-state index in [-0.39, 0.29) is 18.3 Å². The zero-order valence-corrected chi connectivity index (χ0v) is 17.3. The second-order valence-corrected chi connectivity index (χ2v) is 7.83. The normalized spacial score (nSPS) is 31.3. The van der Waals surface area contributed by atoms with Gasteiger partial charge in [0.05, 0.1) is 32.0 Å². The standard InChI is InChI=1S/C24H30O6/c1-26-24-21(25)23(28-15-18-10-6-3-7-11-18)22(30-24)20-13-12-19(29-20)16-27-14-17-8-4-2-5-9-17/h2-11,19-25H,12-16H2,1H3/t19-,20+,21-,22-,23-,24-/m1/s1. The molecule has 4 rings (SSSR count). The van der Waals surface area contributed by atoms with Crippen molar-refractivity contribution in [2.75, 3.05) is 13.7 Å². The molecule has 0 saturated carbocycles. The van der Waals surface area contributed by atoms with Crippen molar-refractivity contribution >= 4 is 0 Å². The first kappa shape index (κ1) is 21.4. The molecule has 6 atom stereocenters. The van der Waals surface area contributed by atoms with Crippen LogP contribution in [-0.4, -0.2) is 55.6 Å². The van der Waals surface area contributed by atoms with Crippen LogP contribution < -0.4 is 0 Å². The lowest BCUT2D eigenvalue weighted by Gasteiger charge is -2.25. The number of hydrogen-bond donors (Lipinski definition) is 1. The van der Waals surface area contributed by atoms with Crippen LogP contribution in [0.5, 0.6) is 0 Å². The zero-order chi connectivity index (χ0) is 20.8. The maximum atomic E-state index is 10.6. The number of ether oxygens (including phenoxy) is 5. The van der Waals surface area contributed by atoms with Crippen molar-refractivity contribution in [2.45, 2.75) is 62.9 Å². The Balaban J connectivity index is 1.30. The Morgan fingerprint density at radius 1 is 0.900 bits per heavy atom. The molecule has 0 aromatic heterocycles. The van der Waals surface area contributed by atoms with E-state index in [1.165, 1.54) is 7.11 Å². The molecule has 0 unspecified atom stereocenters. The second-order valence-electron chi connectivity index (χ2n) is 7.83. The maximum absolute atomic E-state index is 10.6. The van der Waals surface area contributed by atoms with Crippen molar-refractivity contribution in [1.82, 2.24) is 0 Å². The Hall–Kier alpha value is -1.80. The summed E-state index contributed by atoms with van der Waals surface area (Å²) in [5, 5.41) is 10.6. The Labute approximate surface area is 177 Å². The van der Waals surface area contributed by atoms with E-state index in [4.69, 9.17) is 23.7 Å². The molecule has 6 nitrogen and oxygen atoms in total. The van der Waals surface area contributed by atoms with Crippen LogP contribution in [0.25, 0.3) is 0 Å². The van der Waals surface area contributed by atoms with E-state index in [1.54, 1.807) is 0 Å². The molecule has 6 heteroatoms. The topological polar surface area (TPSA) is 66.4 Å². The minimum atomic E-state index is -0.860. The fraction of sp³-hybridized carbons (Fsp3) is 0.500. The molecule has 2 aliphatic heterocycles. The third-order valence-corrected chi connectivity index (χ3v) is 5.67. The predicted molar refractivity (Wildman–Crippen MR) is 111 cm³/mol. The maximum Gasteiger partial charge on any atom is 0.186 e. The van der Waals surface area contributed by atoms with E-state index in [2.05, 4.69) is 0 Å². The summed E-state index contributed by atoms with van der Waals surface area (Å²) in [6, 6.07) is 20.0. The van der Waals surface area contributed by atoms with Gasteiger partial charge in [-0.25, -0.2) is 0 Å². The van der Waals surface area contributed by atoms with Gasteiger partial charge in [-0.05, 0) is 24.0 Å². The molecule has 2 heterocycles. The molecule has 0 radical (unpaired) electrons. The van der Waals surface area contributed by atoms with Crippen LogP contribution in [-0.2, 0) is 36.9 Å². The summed E-state index contributed by atoms with van der Waals surface area (Å²) < 4.78 is 29.4. The summed E-state index contributed by atoms with van der Waals surface area (Å²) in [4.78, 5) is 0. The smallest absolute Gasteiger partial charge is 0.186 e. The highest BCUT2D eigenvalue weighted by Crippen LogP contribution is 2.34. The van der Waals surface area contributed by atoms with Crippen molar-refractivity contribution in [3.05, 3.63) is 71.8 Å². The average Bonchev–Trinajstić information content (AvgIpc) is 3.38. The van der Waals surface area contributed by atoms with Crippen LogP contribution in [0.1, 0.15) is 24.0 Å². The van der Waals surface area contributed by atoms with Gasteiger partial charge in [0.1, 0.15) is 18.3 Å². The van der Waals surface area contributed by atoms with E-state index in [0.717, 1.165) is 24.0 Å². The first-order valence-electron chi connectivity index (χ1n) is 10.5. The fourth-order valence-corrected chi connectivity index (χ4v) is 4.10. The molecule has 0 spiro atoms. The predicted octanol–water partition coefficient (Wildman–Crippen LogP) is 3.07. The van der Waals surface area contributed by atoms with Crippen LogP contribution in [0.3, 0.4) is 0 Å². The van der Waals surface area contributed by atoms with Gasteiger partial charge in [-0.3, -0.25) is 0 Å². The van der Waals surface area contributed by atoms with Crippen LogP contribution in [0.2, 0.25) is 0 Å². The van der Waals surface area contributed by atoms with Crippen LogP contribution in [0.4, 0.5) is 0 Å². The lowest BCUT2D eigenvalue weighted by molar-refractivity contribution is -0.170. The van der Waals surface area contributed by atoms with Crippen molar-refractivity contribution in [3.8, 4) is 0 Å². The lowest BCUT2D eigenvalue weighted by atomic mass is 10.0. The highest BCUT2D eigenvalue weighted by Gasteiger charge is 2.50. The van der Waals surface area contributed by atoms with Crippen molar-refractivity contribution in [1.29, 1.82) is 0 Å². The first-order chi connectivity index (χ1) is 14.7. The molecule has 2 aliphatic rings. The molecule has 1 N–H and O–H groups in total. The molecular weight excluding hydrogens is 384 g/mol. The summed E-state index contributed by atoms with van der Waals surface area (Å²) in [7, 11) is 1.53. The summed E-state index contributed by atoms with van der Waals surface area (Å²) in [5.41, 5.74) is 2.19. The number of benzene rings is 2. The third-order valence-electron chi connectivity index (χ3n) is 5.67. The van der Waals surface area contributed by atoms with Crippen LogP contribution in [0, 0.1) is 0 Å². The van der Waals surface area contributed by atoms with E-state index in [1.807, 2.05) is 60.7 Å². The first-order valence-corrected chi connectivity index (χ1v) is 10.5. The highest BCUT2D eigenvalue weighted by atomic mass is 16.7. The highest BCUT2D eigenvalue weighted by molar-refractivity contribution is 5.14. The van der Waals surface area contributed by atoms with Gasteiger partial charge in [0.2, 0.25) is 0 Å². The van der Waals surface area contributed by atoms with Gasteiger partial charge in [-0.2, -0.15) is 0 Å². The number of hydrogen-bond acceptors (Lipinski definition) is 6. The lowest BCUT2D eigenvalue weighted by Crippen LogP contribution is -2.41. The average molecular weight is 414 g/mol. The van der Waals surface area contributed by atoms with E-state index in [9.17, 15) is 5.11 Å². The summed E-state index contributed by atoms with van der Waals surface area (Å²) in [5.74, 6) is 0. The number of aliphatic hydroxyl groups excluding tert-OH is 1. The molecule has 2 aromatic carbocycles. The molecule has 2 saturated heterocycles. The molecule has 0 amide bonds. The second kappa shape index (κ2) is 10.5. The Morgan fingerprint density at radius 3 is 2.23 bits per heavy atom. The number of rotatable bonds is 9. The van der Waals surface area contributed by atoms with Crippen LogP contribution in [0.15, 0.2) is 60.7 Å². The molecule has 30 heavy (non-hydrogen) atoms. The minimum absolute atomic E-state index is 0.0100. The largest absolute Gasteiger partial charge is 0.385 e. The molecule has 0 bridgehead atoms. The van der Waals surface area contributed by atoms with Gasteiger partial charge in [0.15, 0.2) is 6.29 Å². The van der Waals surface area contributed by atoms with Gasteiger partial charge >= 0.3 is 0 Å². The van der Waals surface area contributed by atoms with E-state index in [0.29, 0.717) is 19.8 Å². The molecule has 0 aliphatic carbocycles. The van der Waals surface area contributed by atoms with Gasteiger partial charge in [-0.1, -0.05) is 60.7 Å². The van der Waals surface area contributed by atoms with Gasteiger partial charge in [-0.15, -0.1) is 0 Å². The molecule has 2 fully saturated rings. The summed E-state index contributed by atoms with van der Waals surface area (Å²) in [6.07, 6.45) is -0.899. The fourth-order valence-electron chi connectivity index (χ4n) is 4.10. The van der Waals surface area contributed by atoms with Crippen molar-refractivity contribution in [3.63, 3.8) is 0 Å². The third kappa shape index (κ3) is 5.27. The monoisotopic (exact) mass is 414 g/mol. The van der Waals surface area contributed by atoms with Gasteiger partial charge in [0, 0.05) is 7.11 Å². The molecule has 162 valence electrons. The zero-order valence-electron chi connectivity index (χ0n) is 17.3. The van der Waals surface area contributed by atoms with Crippen molar-refractivity contribution < 1.29 is 28.8 Å². The van der Waals surface area contributed by atoms with Crippen LogP contribution >= 0.6 is 0 Å². The number of aliphatic hydroxyl groups is 1. The van der Waals surface area contributed by atoms with Gasteiger partial charge in [0.25, 0.3) is 0 Å². The Bertz CT molecular complexity index is 755. The molecule has 2 aromatic rings. The van der Waals surface area contributed by atoms with E-state index >= 15 is 0 Å². The molecular formula is C24H30O6. The van der Waals surface area contributed by atoms with E-state index < -0.39 is 18.5 Å². The minimum Gasteiger partial charge on any atom is -0.385 e. The SMILES string of the molecule is CO[C@@H]1O[C@H]([C@@H]2CC[C@H](COCc3ccccc3)O2)[C@H](OCc2ccccc2)[C@H]1O. The summed E-state index contributed by atoms with van der Waals surface area (Å²) >= 11 is 0. The van der Waals surface area contributed by atoms with Gasteiger partial charge < -0.3 is 28.8 Å².